The van der Waals surface area contributed by atoms with Crippen molar-refractivity contribution in [3.8, 4) is 5.75 Å². The van der Waals surface area contributed by atoms with Gasteiger partial charge in [0, 0.05) is 37.9 Å². The van der Waals surface area contributed by atoms with E-state index in [0.717, 1.165) is 12.8 Å². The highest BCUT2D eigenvalue weighted by Gasteiger charge is 2.47. The molecule has 0 aromatic heterocycles. The lowest BCUT2D eigenvalue weighted by Gasteiger charge is -2.45. The summed E-state index contributed by atoms with van der Waals surface area (Å²) in [5.41, 5.74) is 6.37. The molecule has 1 saturated carbocycles. The normalized spacial score (nSPS) is 31.9. The maximum Gasteiger partial charge on any atom is 0.258 e. The Balaban J connectivity index is 1.27. The Kier molecular flexibility index (Phi) is 3.68. The molecule has 7 heteroatoms. The standard InChI is InChI=1S/C19H24N4O3/c24-17-13-4-1-2-7-15(13)26-19(20-17)8-10-23(11-9-19)18(25)16-12-5-3-6-14(12)21-22-16/h1-2,4,7,12,14,16,21-22H,3,5-6,8-11H2,(H,20,24). The van der Waals surface area contributed by atoms with Gasteiger partial charge in [-0.05, 0) is 25.0 Å². The van der Waals surface area contributed by atoms with E-state index < -0.39 is 5.72 Å². The van der Waals surface area contributed by atoms with E-state index in [0.29, 0.717) is 49.2 Å². The number of carbonyl (C=O) groups is 2. The molecule has 138 valence electrons. The molecular formula is C19H24N4O3. The lowest BCUT2D eigenvalue weighted by atomic mass is 9.93. The summed E-state index contributed by atoms with van der Waals surface area (Å²) in [5.74, 6) is 1.11. The maximum atomic E-state index is 13.0. The maximum absolute atomic E-state index is 13.0. The van der Waals surface area contributed by atoms with Crippen molar-refractivity contribution in [3.63, 3.8) is 0 Å². The van der Waals surface area contributed by atoms with E-state index >= 15 is 0 Å². The predicted molar refractivity (Wildman–Crippen MR) is 94.3 cm³/mol. The average molecular weight is 356 g/mol. The van der Waals surface area contributed by atoms with Crippen molar-refractivity contribution in [1.29, 1.82) is 0 Å². The van der Waals surface area contributed by atoms with E-state index in [1.165, 1.54) is 6.42 Å². The highest BCUT2D eigenvalue weighted by atomic mass is 16.5. The van der Waals surface area contributed by atoms with E-state index in [4.69, 9.17) is 4.74 Å². The molecule has 0 bridgehead atoms. The monoisotopic (exact) mass is 356 g/mol. The van der Waals surface area contributed by atoms with Crippen LogP contribution in [-0.4, -0.2) is 47.6 Å². The summed E-state index contributed by atoms with van der Waals surface area (Å²) >= 11 is 0. The number of benzene rings is 1. The van der Waals surface area contributed by atoms with Gasteiger partial charge in [-0.15, -0.1) is 0 Å². The van der Waals surface area contributed by atoms with Crippen molar-refractivity contribution in [2.45, 2.75) is 49.9 Å². The smallest absolute Gasteiger partial charge is 0.258 e. The quantitative estimate of drug-likeness (QED) is 0.692. The first kappa shape index (κ1) is 16.1. The summed E-state index contributed by atoms with van der Waals surface area (Å²) in [6.07, 6.45) is 4.65. The van der Waals surface area contributed by atoms with Gasteiger partial charge in [-0.25, -0.2) is 5.43 Å². The summed E-state index contributed by atoms with van der Waals surface area (Å²) in [5, 5.41) is 3.03. The fourth-order valence-corrected chi connectivity index (χ4v) is 4.88. The van der Waals surface area contributed by atoms with Crippen LogP contribution in [0.25, 0.3) is 0 Å². The number of nitrogens with one attached hydrogen (secondary N) is 3. The third kappa shape index (κ3) is 2.49. The number of rotatable bonds is 1. The molecule has 2 saturated heterocycles. The van der Waals surface area contributed by atoms with Gasteiger partial charge in [0.25, 0.3) is 5.91 Å². The van der Waals surface area contributed by atoms with Crippen LogP contribution in [0, 0.1) is 5.92 Å². The van der Waals surface area contributed by atoms with Gasteiger partial charge in [0.15, 0.2) is 5.72 Å². The first-order valence-corrected chi connectivity index (χ1v) is 9.56. The topological polar surface area (TPSA) is 82.7 Å². The molecule has 4 aliphatic rings. The summed E-state index contributed by atoms with van der Waals surface area (Å²) in [6, 6.07) is 7.62. The van der Waals surface area contributed by atoms with Crippen molar-refractivity contribution in [2.24, 2.45) is 5.92 Å². The van der Waals surface area contributed by atoms with Gasteiger partial charge >= 0.3 is 0 Å². The fraction of sp³-hybridized carbons (Fsp3) is 0.579. The molecule has 1 aromatic rings. The molecule has 3 atom stereocenters. The number of piperidine rings is 1. The van der Waals surface area contributed by atoms with Crippen LogP contribution in [0.4, 0.5) is 0 Å². The Hall–Kier alpha value is -2.12. The molecule has 3 aliphatic heterocycles. The van der Waals surface area contributed by atoms with Crippen molar-refractivity contribution in [1.82, 2.24) is 21.1 Å². The molecule has 7 nitrogen and oxygen atoms in total. The number of amides is 2. The molecule has 1 spiro atoms. The minimum Gasteiger partial charge on any atom is -0.467 e. The highest BCUT2D eigenvalue weighted by Crippen LogP contribution is 2.35. The predicted octanol–water partition coefficient (Wildman–Crippen LogP) is 0.773. The molecule has 3 fully saturated rings. The number of hydrogen-bond acceptors (Lipinski definition) is 5. The van der Waals surface area contributed by atoms with Crippen molar-refractivity contribution >= 4 is 11.8 Å². The molecule has 5 rings (SSSR count). The number of nitrogens with zero attached hydrogens (tertiary/aromatic N) is 1. The van der Waals surface area contributed by atoms with Crippen LogP contribution < -0.4 is 20.9 Å². The summed E-state index contributed by atoms with van der Waals surface area (Å²) < 4.78 is 6.16. The van der Waals surface area contributed by atoms with Gasteiger partial charge < -0.3 is 15.0 Å². The van der Waals surface area contributed by atoms with Crippen LogP contribution in [-0.2, 0) is 4.79 Å². The van der Waals surface area contributed by atoms with Gasteiger partial charge in [0.1, 0.15) is 11.8 Å². The number of hydrogen-bond donors (Lipinski definition) is 3. The van der Waals surface area contributed by atoms with E-state index in [1.807, 2.05) is 23.1 Å². The van der Waals surface area contributed by atoms with Crippen LogP contribution in [0.15, 0.2) is 24.3 Å². The van der Waals surface area contributed by atoms with Gasteiger partial charge in [0.2, 0.25) is 5.91 Å². The first-order chi connectivity index (χ1) is 12.7. The third-order valence-electron chi connectivity index (χ3n) is 6.35. The zero-order chi connectivity index (χ0) is 17.7. The van der Waals surface area contributed by atoms with Gasteiger partial charge in [0.05, 0.1) is 5.56 Å². The second-order valence-corrected chi connectivity index (χ2v) is 7.84. The Morgan fingerprint density at radius 2 is 1.96 bits per heavy atom. The minimum atomic E-state index is -0.695. The molecule has 1 aromatic carbocycles. The summed E-state index contributed by atoms with van der Waals surface area (Å²) in [7, 11) is 0. The molecule has 3 unspecified atom stereocenters. The summed E-state index contributed by atoms with van der Waals surface area (Å²) in [6.45, 7) is 1.19. The number of likely N-dealkylation sites (tertiary alicyclic amines) is 1. The second kappa shape index (κ2) is 5.96. The van der Waals surface area contributed by atoms with Crippen LogP contribution in [0.5, 0.6) is 5.75 Å². The first-order valence-electron chi connectivity index (χ1n) is 9.56. The Bertz CT molecular complexity index is 744. The SMILES string of the molecule is O=C1NC2(CCN(C(=O)C3NNC4CCCC43)CC2)Oc2ccccc21. The molecule has 0 radical (unpaired) electrons. The molecular weight excluding hydrogens is 332 g/mol. The second-order valence-electron chi connectivity index (χ2n) is 7.84. The fourth-order valence-electron chi connectivity index (χ4n) is 4.88. The minimum absolute atomic E-state index is 0.0953. The van der Waals surface area contributed by atoms with Gasteiger partial charge in [-0.3, -0.25) is 15.0 Å². The number of hydrazine groups is 1. The number of ether oxygens (including phenoxy) is 1. The van der Waals surface area contributed by atoms with Crippen LogP contribution in [0.1, 0.15) is 42.5 Å². The Labute approximate surface area is 152 Å². The number of fused-ring (bicyclic) bond motifs is 2. The zero-order valence-electron chi connectivity index (χ0n) is 14.7. The molecule has 3 N–H and O–H groups in total. The highest BCUT2D eigenvalue weighted by molar-refractivity contribution is 5.98. The molecule has 2 amide bonds. The number of carbonyl (C=O) groups excluding carboxylic acids is 2. The van der Waals surface area contributed by atoms with E-state index in [2.05, 4.69) is 16.2 Å². The number of para-hydroxylation sites is 1. The van der Waals surface area contributed by atoms with Crippen molar-refractivity contribution in [3.05, 3.63) is 29.8 Å². The van der Waals surface area contributed by atoms with Gasteiger partial charge in [-0.2, -0.15) is 0 Å². The largest absolute Gasteiger partial charge is 0.467 e. The lowest BCUT2D eigenvalue weighted by molar-refractivity contribution is -0.138. The molecule has 1 aliphatic carbocycles. The van der Waals surface area contributed by atoms with Crippen LogP contribution in [0.2, 0.25) is 0 Å². The molecule has 26 heavy (non-hydrogen) atoms. The van der Waals surface area contributed by atoms with Crippen molar-refractivity contribution < 1.29 is 14.3 Å². The Morgan fingerprint density at radius 3 is 2.81 bits per heavy atom. The Morgan fingerprint density at radius 1 is 1.15 bits per heavy atom. The lowest BCUT2D eigenvalue weighted by Crippen LogP contribution is -2.62. The van der Waals surface area contributed by atoms with Crippen LogP contribution in [0.3, 0.4) is 0 Å². The molecule has 3 heterocycles. The van der Waals surface area contributed by atoms with Gasteiger partial charge in [-0.1, -0.05) is 18.6 Å². The average Bonchev–Trinajstić information content (AvgIpc) is 3.25. The zero-order valence-corrected chi connectivity index (χ0v) is 14.7. The van der Waals surface area contributed by atoms with Crippen LogP contribution >= 0.6 is 0 Å². The third-order valence-corrected chi connectivity index (χ3v) is 6.35. The van der Waals surface area contributed by atoms with E-state index in [-0.39, 0.29) is 17.9 Å². The van der Waals surface area contributed by atoms with E-state index in [9.17, 15) is 9.59 Å². The van der Waals surface area contributed by atoms with Crippen molar-refractivity contribution in [2.75, 3.05) is 13.1 Å². The summed E-state index contributed by atoms with van der Waals surface area (Å²) in [4.78, 5) is 27.3. The van der Waals surface area contributed by atoms with E-state index in [1.54, 1.807) is 6.07 Å².